The van der Waals surface area contributed by atoms with Crippen LogP contribution < -0.4 is 4.90 Å². The molecule has 0 aliphatic carbocycles. The Morgan fingerprint density at radius 1 is 1.06 bits per heavy atom. The molecule has 0 N–H and O–H groups in total. The lowest BCUT2D eigenvalue weighted by atomic mass is 10.0. The molecule has 4 rings (SSSR count). The Bertz CT molecular complexity index is 1170. The first-order chi connectivity index (χ1) is 15.8. The number of nitrogens with zero attached hydrogens (tertiary/aromatic N) is 4. The van der Waals surface area contributed by atoms with Crippen molar-refractivity contribution in [3.8, 4) is 0 Å². The Morgan fingerprint density at radius 2 is 1.73 bits per heavy atom. The quantitative estimate of drug-likeness (QED) is 0.531. The Kier molecular flexibility index (Phi) is 6.36. The maximum absolute atomic E-state index is 13.8. The van der Waals surface area contributed by atoms with Crippen LogP contribution in [0.1, 0.15) is 58.7 Å². The monoisotopic (exact) mass is 444 g/mol. The lowest BCUT2D eigenvalue weighted by Gasteiger charge is -2.31. The van der Waals surface area contributed by atoms with E-state index in [4.69, 9.17) is 4.98 Å². The zero-order chi connectivity index (χ0) is 23.7. The summed E-state index contributed by atoms with van der Waals surface area (Å²) in [7, 11) is 0. The molecule has 1 aromatic heterocycles. The maximum Gasteiger partial charge on any atom is 0.272 e. The van der Waals surface area contributed by atoms with E-state index in [1.165, 1.54) is 0 Å². The molecule has 2 aromatic carbocycles. The molecule has 3 aromatic rings. The molecule has 0 saturated heterocycles. The fourth-order valence-corrected chi connectivity index (χ4v) is 4.82. The fraction of sp³-hybridized carbons (Fsp3) is 0.370. The van der Waals surface area contributed by atoms with Gasteiger partial charge in [-0.3, -0.25) is 9.59 Å². The molecule has 1 aliphatic rings. The lowest BCUT2D eigenvalue weighted by molar-refractivity contribution is -0.118. The molecule has 6 heteroatoms. The number of benzene rings is 2. The molecular formula is C27H32N4O2. The number of carbonyl (C=O) groups is 2. The molecule has 0 spiro atoms. The fourth-order valence-electron chi connectivity index (χ4n) is 4.82. The first-order valence-corrected chi connectivity index (χ1v) is 11.7. The molecule has 0 radical (unpaired) electrons. The number of aryl methyl sites for hydroxylation is 4. The molecule has 0 saturated carbocycles. The van der Waals surface area contributed by atoms with E-state index in [-0.39, 0.29) is 11.8 Å². The lowest BCUT2D eigenvalue weighted by Crippen LogP contribution is -2.37. The van der Waals surface area contributed by atoms with Crippen molar-refractivity contribution in [1.29, 1.82) is 0 Å². The van der Waals surface area contributed by atoms with Crippen LogP contribution in [-0.4, -0.2) is 32.8 Å². The maximum atomic E-state index is 13.8. The van der Waals surface area contributed by atoms with Crippen molar-refractivity contribution in [2.75, 3.05) is 11.4 Å². The number of anilines is 2. The van der Waals surface area contributed by atoms with E-state index < -0.39 is 0 Å². The molecule has 33 heavy (non-hydrogen) atoms. The first-order valence-electron chi connectivity index (χ1n) is 11.7. The molecule has 0 bridgehead atoms. The van der Waals surface area contributed by atoms with E-state index in [0.29, 0.717) is 44.1 Å². The van der Waals surface area contributed by atoms with Gasteiger partial charge in [0.25, 0.3) is 5.91 Å². The minimum atomic E-state index is -0.0383. The third-order valence-corrected chi connectivity index (χ3v) is 6.30. The highest BCUT2D eigenvalue weighted by Crippen LogP contribution is 2.37. The summed E-state index contributed by atoms with van der Waals surface area (Å²) < 4.78 is 1.95. The average molecular weight is 445 g/mol. The van der Waals surface area contributed by atoms with Gasteiger partial charge in [0, 0.05) is 26.1 Å². The van der Waals surface area contributed by atoms with Crippen molar-refractivity contribution >= 4 is 23.5 Å². The minimum absolute atomic E-state index is 0.0147. The van der Waals surface area contributed by atoms with Crippen molar-refractivity contribution in [2.24, 2.45) is 0 Å². The van der Waals surface area contributed by atoms with Crippen LogP contribution in [0.2, 0.25) is 0 Å². The van der Waals surface area contributed by atoms with Gasteiger partial charge >= 0.3 is 0 Å². The number of fused-ring (bicyclic) bond motifs is 1. The number of amides is 2. The van der Waals surface area contributed by atoms with Crippen molar-refractivity contribution in [3.63, 3.8) is 0 Å². The summed E-state index contributed by atoms with van der Waals surface area (Å²) in [5.41, 5.74) is 6.52. The Hall–Kier alpha value is -3.41. The third kappa shape index (κ3) is 4.17. The molecular weight excluding hydrogens is 412 g/mol. The average Bonchev–Trinajstić information content (AvgIpc) is 3.17. The molecule has 2 amide bonds. The molecule has 0 unspecified atom stereocenters. The zero-order valence-corrected chi connectivity index (χ0v) is 20.2. The van der Waals surface area contributed by atoms with Gasteiger partial charge in [-0.05, 0) is 50.8 Å². The van der Waals surface area contributed by atoms with Gasteiger partial charge in [0.1, 0.15) is 5.69 Å². The molecule has 172 valence electrons. The second-order valence-electron chi connectivity index (χ2n) is 8.74. The van der Waals surface area contributed by atoms with Crippen LogP contribution >= 0.6 is 0 Å². The topological polar surface area (TPSA) is 58.4 Å². The predicted octanol–water partition coefficient (Wildman–Crippen LogP) is 5.10. The van der Waals surface area contributed by atoms with Crippen LogP contribution in [0.25, 0.3) is 0 Å². The minimum Gasteiger partial charge on any atom is -0.333 e. The largest absolute Gasteiger partial charge is 0.333 e. The van der Waals surface area contributed by atoms with E-state index in [1.54, 1.807) is 4.90 Å². The number of hydrogen-bond acceptors (Lipinski definition) is 3. The summed E-state index contributed by atoms with van der Waals surface area (Å²) >= 11 is 0. The van der Waals surface area contributed by atoms with Gasteiger partial charge in [-0.1, -0.05) is 55.0 Å². The van der Waals surface area contributed by atoms with Gasteiger partial charge in [-0.25, -0.2) is 9.88 Å². The van der Waals surface area contributed by atoms with Crippen LogP contribution in [0.3, 0.4) is 0 Å². The summed E-state index contributed by atoms with van der Waals surface area (Å²) in [6, 6.07) is 14.2. The van der Waals surface area contributed by atoms with Crippen LogP contribution in [0.5, 0.6) is 0 Å². The zero-order valence-electron chi connectivity index (χ0n) is 20.2. The highest BCUT2D eigenvalue weighted by molar-refractivity contribution is 6.03. The number of aromatic nitrogens is 2. The number of imidazole rings is 1. The van der Waals surface area contributed by atoms with Gasteiger partial charge < -0.3 is 9.47 Å². The normalized spacial score (nSPS) is 13.2. The summed E-state index contributed by atoms with van der Waals surface area (Å²) in [5, 5.41) is 0. The third-order valence-electron chi connectivity index (χ3n) is 6.30. The van der Waals surface area contributed by atoms with Gasteiger partial charge in [-0.15, -0.1) is 0 Å². The van der Waals surface area contributed by atoms with Crippen molar-refractivity contribution in [1.82, 2.24) is 14.5 Å². The smallest absolute Gasteiger partial charge is 0.272 e. The molecule has 1 aliphatic heterocycles. The highest BCUT2D eigenvalue weighted by atomic mass is 16.2. The standard InChI is InChI=1S/C27H32N4O2/c1-6-22-25(26(33)29(7-2)17-21-11-9-8-10-12-21)30-14-13-23(32)31(27(30)28-22)24-19(4)15-18(3)16-20(24)5/h8-12,15-16H,6-7,13-14,17H2,1-5H3. The number of hydrogen-bond donors (Lipinski definition) is 0. The molecule has 2 heterocycles. The van der Waals surface area contributed by atoms with Crippen LogP contribution in [0, 0.1) is 20.8 Å². The summed E-state index contributed by atoms with van der Waals surface area (Å²) in [5.74, 6) is 0.529. The second kappa shape index (κ2) is 9.22. The van der Waals surface area contributed by atoms with Gasteiger partial charge in [0.15, 0.2) is 0 Å². The highest BCUT2D eigenvalue weighted by Gasteiger charge is 2.35. The number of rotatable bonds is 6. The Morgan fingerprint density at radius 3 is 2.33 bits per heavy atom. The van der Waals surface area contributed by atoms with E-state index >= 15 is 0 Å². The Balaban J connectivity index is 1.79. The van der Waals surface area contributed by atoms with Crippen molar-refractivity contribution in [3.05, 3.63) is 76.1 Å². The predicted molar refractivity (Wildman–Crippen MR) is 131 cm³/mol. The summed E-state index contributed by atoms with van der Waals surface area (Å²) in [4.78, 5) is 35.3. The van der Waals surface area contributed by atoms with E-state index in [2.05, 4.69) is 19.1 Å². The van der Waals surface area contributed by atoms with Crippen molar-refractivity contribution in [2.45, 2.75) is 60.5 Å². The van der Waals surface area contributed by atoms with Crippen LogP contribution in [0.15, 0.2) is 42.5 Å². The second-order valence-corrected chi connectivity index (χ2v) is 8.74. The molecule has 0 atom stereocenters. The van der Waals surface area contributed by atoms with E-state index in [9.17, 15) is 9.59 Å². The van der Waals surface area contributed by atoms with E-state index in [0.717, 1.165) is 33.6 Å². The molecule has 6 nitrogen and oxygen atoms in total. The van der Waals surface area contributed by atoms with E-state index in [1.807, 2.05) is 67.5 Å². The summed E-state index contributed by atoms with van der Waals surface area (Å²) in [6.07, 6.45) is 0.961. The number of carbonyl (C=O) groups excluding carboxylic acids is 2. The van der Waals surface area contributed by atoms with Crippen molar-refractivity contribution < 1.29 is 9.59 Å². The van der Waals surface area contributed by atoms with Gasteiger partial charge in [0.2, 0.25) is 11.9 Å². The molecule has 0 fully saturated rings. The Labute approximate surface area is 195 Å². The summed E-state index contributed by atoms with van der Waals surface area (Å²) in [6.45, 7) is 11.7. The first kappa shape index (κ1) is 22.8. The van der Waals surface area contributed by atoms with Gasteiger partial charge in [-0.2, -0.15) is 0 Å². The van der Waals surface area contributed by atoms with Crippen LogP contribution in [0.4, 0.5) is 11.6 Å². The van der Waals surface area contributed by atoms with Gasteiger partial charge in [0.05, 0.1) is 11.4 Å². The van der Waals surface area contributed by atoms with Crippen LogP contribution in [-0.2, 0) is 24.3 Å². The SMILES string of the molecule is CCc1nc2n(c1C(=O)N(CC)Cc1ccccc1)CCC(=O)N2c1c(C)cc(C)cc1C.